The van der Waals surface area contributed by atoms with E-state index in [1.54, 1.807) is 19.1 Å². The minimum atomic E-state index is -0.425. The lowest BCUT2D eigenvalue weighted by atomic mass is 10.1. The molecule has 1 saturated heterocycles. The van der Waals surface area contributed by atoms with Crippen molar-refractivity contribution in [2.24, 2.45) is 0 Å². The molecule has 1 aliphatic heterocycles. The van der Waals surface area contributed by atoms with Crippen molar-refractivity contribution in [2.75, 3.05) is 40.2 Å². The smallest absolute Gasteiger partial charge is 0.325 e. The molecule has 0 saturated carbocycles. The Labute approximate surface area is 145 Å². The first-order valence-corrected chi connectivity index (χ1v) is 8.47. The lowest BCUT2D eigenvalue weighted by Crippen LogP contribution is -2.34. The van der Waals surface area contributed by atoms with Gasteiger partial charge in [0, 0.05) is 0 Å². The fraction of sp³-hybridized carbons (Fsp3) is 0.500. The van der Waals surface area contributed by atoms with E-state index in [0.29, 0.717) is 23.0 Å². The molecule has 1 fully saturated rings. The van der Waals surface area contributed by atoms with Crippen molar-refractivity contribution in [3.8, 4) is 17.2 Å². The topological polar surface area (TPSA) is 74.3 Å². The Balaban J connectivity index is 2.34. The van der Waals surface area contributed by atoms with Crippen molar-refractivity contribution in [3.63, 3.8) is 0 Å². The second-order valence-electron chi connectivity index (χ2n) is 4.95. The number of methoxy groups -OCH3 is 3. The van der Waals surface area contributed by atoms with Gasteiger partial charge >= 0.3 is 5.97 Å². The lowest BCUT2D eigenvalue weighted by molar-refractivity contribution is -0.148. The van der Waals surface area contributed by atoms with Gasteiger partial charge in [0.25, 0.3) is 0 Å². The number of ether oxygens (including phenoxy) is 4. The Morgan fingerprint density at radius 1 is 1.21 bits per heavy atom. The van der Waals surface area contributed by atoms with Crippen LogP contribution >= 0.6 is 11.8 Å². The van der Waals surface area contributed by atoms with Crippen molar-refractivity contribution in [2.45, 2.75) is 12.3 Å². The molecule has 0 N–H and O–H groups in total. The molecule has 8 heteroatoms. The molecule has 7 nitrogen and oxygen atoms in total. The van der Waals surface area contributed by atoms with Gasteiger partial charge in [-0.05, 0) is 24.6 Å². The van der Waals surface area contributed by atoms with Crippen LogP contribution in [-0.2, 0) is 14.3 Å². The van der Waals surface area contributed by atoms with Crippen molar-refractivity contribution in [1.29, 1.82) is 0 Å². The molecular weight excluding hydrogens is 334 g/mol. The summed E-state index contributed by atoms with van der Waals surface area (Å²) in [6, 6.07) is 3.57. The Kier molecular flexibility index (Phi) is 6.19. The molecule has 1 aliphatic rings. The van der Waals surface area contributed by atoms with E-state index in [1.165, 1.54) is 38.0 Å². The van der Waals surface area contributed by atoms with Gasteiger partial charge in [-0.3, -0.25) is 9.59 Å². The van der Waals surface area contributed by atoms with E-state index in [9.17, 15) is 9.59 Å². The second kappa shape index (κ2) is 8.14. The Morgan fingerprint density at radius 3 is 2.33 bits per heavy atom. The third-order valence-corrected chi connectivity index (χ3v) is 4.80. The quantitative estimate of drug-likeness (QED) is 0.691. The summed E-state index contributed by atoms with van der Waals surface area (Å²) in [5, 5.41) is -0.310. The number of hydrogen-bond donors (Lipinski definition) is 0. The van der Waals surface area contributed by atoms with Crippen molar-refractivity contribution >= 4 is 23.6 Å². The summed E-state index contributed by atoms with van der Waals surface area (Å²) in [6.45, 7) is 1.93. The van der Waals surface area contributed by atoms with Crippen LogP contribution in [0, 0.1) is 0 Å². The van der Waals surface area contributed by atoms with Crippen LogP contribution < -0.4 is 14.2 Å². The largest absolute Gasteiger partial charge is 0.493 e. The van der Waals surface area contributed by atoms with Gasteiger partial charge in [0.15, 0.2) is 11.5 Å². The number of esters is 1. The number of amides is 1. The van der Waals surface area contributed by atoms with Crippen molar-refractivity contribution < 1.29 is 28.5 Å². The maximum Gasteiger partial charge on any atom is 0.325 e. The van der Waals surface area contributed by atoms with Crippen molar-refractivity contribution in [1.82, 2.24) is 4.90 Å². The molecule has 1 atom stereocenters. The van der Waals surface area contributed by atoms with Gasteiger partial charge in [0.1, 0.15) is 11.9 Å². The highest BCUT2D eigenvalue weighted by atomic mass is 32.2. The fourth-order valence-corrected chi connectivity index (χ4v) is 3.66. The average molecular weight is 355 g/mol. The van der Waals surface area contributed by atoms with Crippen LogP contribution in [0.4, 0.5) is 0 Å². The molecule has 1 aromatic rings. The predicted molar refractivity (Wildman–Crippen MR) is 89.6 cm³/mol. The van der Waals surface area contributed by atoms with E-state index in [-0.39, 0.29) is 24.4 Å². The lowest BCUT2D eigenvalue weighted by Gasteiger charge is -2.24. The Morgan fingerprint density at radius 2 is 1.83 bits per heavy atom. The molecule has 0 aliphatic carbocycles. The maximum atomic E-state index is 12.1. The molecule has 0 aromatic heterocycles. The van der Waals surface area contributed by atoms with E-state index in [0.717, 1.165) is 5.56 Å². The van der Waals surface area contributed by atoms with E-state index in [2.05, 4.69) is 0 Å². The summed E-state index contributed by atoms with van der Waals surface area (Å²) >= 11 is 1.44. The highest BCUT2D eigenvalue weighted by Gasteiger charge is 2.35. The standard InChI is InChI=1S/C16H21NO6S/c1-5-23-14(19)8-17-13(18)9-24-16(17)10-6-11(20-2)15(22-4)12(7-10)21-3/h6-7,16H,5,8-9H2,1-4H3. The first-order chi connectivity index (χ1) is 11.5. The number of nitrogens with zero attached hydrogens (tertiary/aromatic N) is 1. The zero-order valence-corrected chi connectivity index (χ0v) is 15.0. The molecule has 0 bridgehead atoms. The van der Waals surface area contributed by atoms with Crippen LogP contribution in [0.3, 0.4) is 0 Å². The minimum Gasteiger partial charge on any atom is -0.493 e. The average Bonchev–Trinajstić information content (AvgIpc) is 2.94. The van der Waals surface area contributed by atoms with E-state index < -0.39 is 5.97 Å². The number of benzene rings is 1. The van der Waals surface area contributed by atoms with Gasteiger partial charge in [-0.25, -0.2) is 0 Å². The summed E-state index contributed by atoms with van der Waals surface area (Å²) in [4.78, 5) is 25.4. The predicted octanol–water partition coefficient (Wildman–Crippen LogP) is 1.85. The number of hydrogen-bond acceptors (Lipinski definition) is 7. The molecule has 1 aromatic carbocycles. The molecule has 1 heterocycles. The van der Waals surface area contributed by atoms with Crippen LogP contribution in [0.2, 0.25) is 0 Å². The minimum absolute atomic E-state index is 0.0823. The third kappa shape index (κ3) is 3.69. The summed E-state index contributed by atoms with van der Waals surface area (Å²) in [6.07, 6.45) is 0. The molecule has 1 amide bonds. The maximum absolute atomic E-state index is 12.1. The van der Waals surface area contributed by atoms with Gasteiger partial charge in [-0.1, -0.05) is 0 Å². The summed E-state index contributed by atoms with van der Waals surface area (Å²) in [5.74, 6) is 1.26. The van der Waals surface area contributed by atoms with Gasteiger partial charge in [-0.15, -0.1) is 11.8 Å². The second-order valence-corrected chi connectivity index (χ2v) is 6.02. The van der Waals surface area contributed by atoms with Crippen molar-refractivity contribution in [3.05, 3.63) is 17.7 Å². The van der Waals surface area contributed by atoms with E-state index >= 15 is 0 Å². The molecule has 0 spiro atoms. The molecule has 132 valence electrons. The van der Waals surface area contributed by atoms with E-state index in [1.807, 2.05) is 0 Å². The first kappa shape index (κ1) is 18.3. The number of carbonyl (C=O) groups is 2. The molecule has 0 radical (unpaired) electrons. The first-order valence-electron chi connectivity index (χ1n) is 7.42. The number of thioether (sulfide) groups is 1. The highest BCUT2D eigenvalue weighted by Crippen LogP contribution is 2.45. The molecular formula is C16H21NO6S. The number of rotatable bonds is 7. The Hall–Kier alpha value is -2.09. The van der Waals surface area contributed by atoms with Gasteiger partial charge in [0.2, 0.25) is 11.7 Å². The molecule has 2 rings (SSSR count). The van der Waals surface area contributed by atoms with Crippen LogP contribution in [0.5, 0.6) is 17.2 Å². The van der Waals surface area contributed by atoms with Crippen LogP contribution in [0.25, 0.3) is 0 Å². The number of carbonyl (C=O) groups excluding carboxylic acids is 2. The van der Waals surface area contributed by atoms with Gasteiger partial charge in [0.05, 0.1) is 33.7 Å². The SMILES string of the molecule is CCOC(=O)CN1C(=O)CSC1c1cc(OC)c(OC)c(OC)c1. The molecule has 24 heavy (non-hydrogen) atoms. The third-order valence-electron chi connectivity index (χ3n) is 3.55. The summed E-state index contributed by atoms with van der Waals surface area (Å²) in [7, 11) is 4.59. The van der Waals surface area contributed by atoms with Gasteiger partial charge in [-0.2, -0.15) is 0 Å². The van der Waals surface area contributed by atoms with Crippen LogP contribution in [0.1, 0.15) is 17.9 Å². The zero-order valence-electron chi connectivity index (χ0n) is 14.2. The monoisotopic (exact) mass is 355 g/mol. The fourth-order valence-electron chi connectivity index (χ4n) is 2.49. The summed E-state index contributed by atoms with van der Waals surface area (Å²) < 4.78 is 21.0. The van der Waals surface area contributed by atoms with E-state index in [4.69, 9.17) is 18.9 Å². The highest BCUT2D eigenvalue weighted by molar-refractivity contribution is 8.00. The molecule has 1 unspecified atom stereocenters. The normalized spacial score (nSPS) is 16.9. The van der Waals surface area contributed by atoms with Crippen LogP contribution in [-0.4, -0.2) is 57.0 Å². The summed E-state index contributed by atoms with van der Waals surface area (Å²) in [5.41, 5.74) is 0.796. The van der Waals surface area contributed by atoms with Crippen LogP contribution in [0.15, 0.2) is 12.1 Å². The van der Waals surface area contributed by atoms with Gasteiger partial charge < -0.3 is 23.8 Å². The Bertz CT molecular complexity index is 596. The zero-order chi connectivity index (χ0) is 17.7.